The van der Waals surface area contributed by atoms with Crippen molar-refractivity contribution in [3.05, 3.63) is 24.2 Å². The summed E-state index contributed by atoms with van der Waals surface area (Å²) in [6, 6.07) is 0. The number of hydrogen-bond acceptors (Lipinski definition) is 0. The second-order valence-electron chi connectivity index (χ2n) is 1.15. The molecule has 0 saturated carbocycles. The molecule has 0 aliphatic carbocycles. The van der Waals surface area contributed by atoms with Gasteiger partial charge in [-0.25, -0.2) is 0 Å². The molecule has 0 fully saturated rings. The first-order chi connectivity index (χ1) is 3.41. The zero-order chi connectivity index (χ0) is 5.54. The van der Waals surface area contributed by atoms with Gasteiger partial charge in [0.1, 0.15) is 0 Å². The summed E-state index contributed by atoms with van der Waals surface area (Å²) in [6.45, 7) is 7.24. The van der Waals surface area contributed by atoms with E-state index < -0.39 is 0 Å². The van der Waals surface area contributed by atoms with E-state index in [2.05, 4.69) is 6.47 Å². The summed E-state index contributed by atoms with van der Waals surface area (Å²) in [5.74, 6) is 1.89. The van der Waals surface area contributed by atoms with Gasteiger partial charge in [0.15, 0.2) is 0 Å². The van der Waals surface area contributed by atoms with E-state index in [1.165, 1.54) is 0 Å². The first kappa shape index (κ1) is 6.41. The standard InChI is InChI=1S/C6H9B/c1-3-4-5-6-7-2/h3-6H,2H2,1H3/b4-3-,6-5-. The van der Waals surface area contributed by atoms with Crippen LogP contribution in [0.25, 0.3) is 0 Å². The number of allylic oxidation sites excluding steroid dienone is 3. The van der Waals surface area contributed by atoms with Crippen LogP contribution in [0.1, 0.15) is 6.92 Å². The summed E-state index contributed by atoms with van der Waals surface area (Å²) in [5.41, 5.74) is 0. The SMILES string of the molecule is C=B/C=C\C=C/C. The van der Waals surface area contributed by atoms with E-state index >= 15 is 0 Å². The molecule has 0 radical (unpaired) electrons. The van der Waals surface area contributed by atoms with Crippen LogP contribution in [0.4, 0.5) is 0 Å². The van der Waals surface area contributed by atoms with E-state index in [4.69, 9.17) is 0 Å². The molecule has 0 aromatic heterocycles. The van der Waals surface area contributed by atoms with Crippen molar-refractivity contribution in [3.8, 4) is 0 Å². The van der Waals surface area contributed by atoms with Crippen molar-refractivity contribution in [2.45, 2.75) is 6.92 Å². The van der Waals surface area contributed by atoms with Crippen LogP contribution in [0.15, 0.2) is 24.2 Å². The average Bonchev–Trinajstić information content (AvgIpc) is 1.69. The molecular weight excluding hydrogens is 82.9 g/mol. The Morgan fingerprint density at radius 3 is 2.57 bits per heavy atom. The van der Waals surface area contributed by atoms with Crippen molar-refractivity contribution in [1.82, 2.24) is 0 Å². The molecule has 36 valence electrons. The second kappa shape index (κ2) is 5.41. The van der Waals surface area contributed by atoms with Gasteiger partial charge in [-0.3, -0.25) is 0 Å². The molecule has 0 spiro atoms. The van der Waals surface area contributed by atoms with Crippen molar-refractivity contribution < 1.29 is 0 Å². The summed E-state index contributed by atoms with van der Waals surface area (Å²) < 4.78 is 0. The third kappa shape index (κ3) is 5.41. The maximum atomic E-state index is 3.51. The maximum absolute atomic E-state index is 3.51. The van der Waals surface area contributed by atoms with Crippen LogP contribution in [0.3, 0.4) is 0 Å². The van der Waals surface area contributed by atoms with Crippen molar-refractivity contribution >= 4 is 13.4 Å². The number of hydrogen-bond donors (Lipinski definition) is 0. The Morgan fingerprint density at radius 1 is 1.43 bits per heavy atom. The van der Waals surface area contributed by atoms with Gasteiger partial charge < -0.3 is 0 Å². The molecule has 0 nitrogen and oxygen atoms in total. The fraction of sp³-hybridized carbons (Fsp3) is 0.167. The third-order valence-electron chi connectivity index (χ3n) is 0.551. The molecule has 0 atom stereocenters. The Balaban J connectivity index is 3.27. The van der Waals surface area contributed by atoms with Gasteiger partial charge >= 0.3 is 44.5 Å². The predicted molar refractivity (Wildman–Crippen MR) is 36.8 cm³/mol. The minimum atomic E-state index is 1.75. The van der Waals surface area contributed by atoms with Gasteiger partial charge in [-0.2, -0.15) is 0 Å². The van der Waals surface area contributed by atoms with Gasteiger partial charge in [-0.15, -0.1) is 0 Å². The van der Waals surface area contributed by atoms with Crippen LogP contribution in [0.5, 0.6) is 0 Å². The molecule has 0 aromatic rings. The van der Waals surface area contributed by atoms with Crippen molar-refractivity contribution in [2.24, 2.45) is 0 Å². The topological polar surface area (TPSA) is 0 Å². The van der Waals surface area contributed by atoms with E-state index in [1.807, 2.05) is 31.1 Å². The third-order valence-corrected chi connectivity index (χ3v) is 0.551. The fourth-order valence-corrected chi connectivity index (χ4v) is 0.254. The van der Waals surface area contributed by atoms with Gasteiger partial charge in [-0.05, 0) is 0 Å². The van der Waals surface area contributed by atoms with Crippen molar-refractivity contribution in [2.75, 3.05) is 0 Å². The molecule has 1 heteroatoms. The summed E-state index contributed by atoms with van der Waals surface area (Å²) in [5, 5.41) is 0. The van der Waals surface area contributed by atoms with Crippen LogP contribution in [0, 0.1) is 0 Å². The summed E-state index contributed by atoms with van der Waals surface area (Å²) in [7, 11) is 0. The van der Waals surface area contributed by atoms with Gasteiger partial charge in [-0.1, -0.05) is 0 Å². The van der Waals surface area contributed by atoms with Gasteiger partial charge in [0.25, 0.3) is 0 Å². The van der Waals surface area contributed by atoms with E-state index in [1.54, 1.807) is 6.92 Å². The quantitative estimate of drug-likeness (QED) is 0.354. The van der Waals surface area contributed by atoms with E-state index in [0.717, 1.165) is 0 Å². The Hall–Kier alpha value is -0.585. The van der Waals surface area contributed by atoms with Crippen LogP contribution in [-0.4, -0.2) is 13.4 Å². The van der Waals surface area contributed by atoms with Gasteiger partial charge in [0, 0.05) is 0 Å². The molecule has 0 N–H and O–H groups in total. The molecule has 0 unspecified atom stereocenters. The minimum absolute atomic E-state index is 1.75. The molecule has 0 aliphatic heterocycles. The zero-order valence-corrected chi connectivity index (χ0v) is 4.59. The summed E-state index contributed by atoms with van der Waals surface area (Å²) in [4.78, 5) is 0. The molecule has 0 saturated heterocycles. The number of rotatable bonds is 2. The first-order valence-corrected chi connectivity index (χ1v) is 2.32. The monoisotopic (exact) mass is 92.1 g/mol. The van der Waals surface area contributed by atoms with Crippen LogP contribution in [0.2, 0.25) is 0 Å². The zero-order valence-electron chi connectivity index (χ0n) is 4.59. The second-order valence-corrected chi connectivity index (χ2v) is 1.15. The Bertz CT molecular complexity index is 90.4. The molecule has 0 heterocycles. The summed E-state index contributed by atoms with van der Waals surface area (Å²) in [6.07, 6.45) is 5.87. The van der Waals surface area contributed by atoms with Crippen molar-refractivity contribution in [3.63, 3.8) is 0 Å². The average molecular weight is 92.0 g/mol. The summed E-state index contributed by atoms with van der Waals surface area (Å²) >= 11 is 0. The van der Waals surface area contributed by atoms with Crippen LogP contribution in [-0.2, 0) is 0 Å². The Kier molecular flexibility index (Phi) is 4.96. The van der Waals surface area contributed by atoms with E-state index in [9.17, 15) is 0 Å². The molecule has 0 rings (SSSR count). The van der Waals surface area contributed by atoms with Crippen LogP contribution < -0.4 is 0 Å². The normalized spacial score (nSPS) is 10.4. The molecule has 0 aliphatic rings. The van der Waals surface area contributed by atoms with Gasteiger partial charge in [0.05, 0.1) is 0 Å². The molecule has 0 aromatic carbocycles. The Labute approximate surface area is 45.5 Å². The fourth-order valence-electron chi connectivity index (χ4n) is 0.254. The molecule has 0 amide bonds. The predicted octanol–water partition coefficient (Wildman–Crippen LogP) is 1.21. The molecule has 0 bridgehead atoms. The van der Waals surface area contributed by atoms with Crippen LogP contribution >= 0.6 is 0 Å². The molecular formula is C6H9B. The Morgan fingerprint density at radius 2 is 2.14 bits per heavy atom. The van der Waals surface area contributed by atoms with Gasteiger partial charge in [0.2, 0.25) is 0 Å². The first-order valence-electron chi connectivity index (χ1n) is 2.32. The van der Waals surface area contributed by atoms with Crippen molar-refractivity contribution in [1.29, 1.82) is 0 Å². The van der Waals surface area contributed by atoms with E-state index in [-0.39, 0.29) is 0 Å². The molecule has 7 heavy (non-hydrogen) atoms. The van der Waals surface area contributed by atoms with E-state index in [0.29, 0.717) is 0 Å².